The van der Waals surface area contributed by atoms with Crippen LogP contribution in [0.5, 0.6) is 0 Å². The third-order valence-electron chi connectivity index (χ3n) is 2.69. The van der Waals surface area contributed by atoms with Gasteiger partial charge in [-0.05, 0) is 48.5 Å². The van der Waals surface area contributed by atoms with Gasteiger partial charge in [-0.15, -0.1) is 0 Å². The van der Waals surface area contributed by atoms with Crippen molar-refractivity contribution in [2.45, 2.75) is 65.2 Å². The third kappa shape index (κ3) is 6.48. The molecule has 0 radical (unpaired) electrons. The SMILES string of the molecule is COC(=O)[C@@](C)(C(N)=O)N(NC(=O)OC(C)(C)C)C(=O)OC(C)(C)C. The summed E-state index contributed by atoms with van der Waals surface area (Å²) in [6.45, 7) is 10.5. The van der Waals surface area contributed by atoms with E-state index in [1.165, 1.54) is 0 Å². The molecule has 0 aliphatic carbocycles. The Morgan fingerprint density at radius 2 is 1.32 bits per heavy atom. The van der Waals surface area contributed by atoms with Gasteiger partial charge in [-0.3, -0.25) is 4.79 Å². The summed E-state index contributed by atoms with van der Waals surface area (Å²) in [6, 6.07) is 0. The van der Waals surface area contributed by atoms with Crippen molar-refractivity contribution in [3.8, 4) is 0 Å². The van der Waals surface area contributed by atoms with Crippen LogP contribution in [0.1, 0.15) is 48.5 Å². The van der Waals surface area contributed by atoms with Crippen molar-refractivity contribution in [1.29, 1.82) is 0 Å². The summed E-state index contributed by atoms with van der Waals surface area (Å²) in [4.78, 5) is 48.5. The molecule has 0 aromatic carbocycles. The van der Waals surface area contributed by atoms with Crippen molar-refractivity contribution >= 4 is 24.1 Å². The van der Waals surface area contributed by atoms with Crippen molar-refractivity contribution in [3.63, 3.8) is 0 Å². The van der Waals surface area contributed by atoms with E-state index in [1.54, 1.807) is 41.5 Å². The predicted octanol–water partition coefficient (Wildman–Crippen LogP) is 1.08. The number of hydrogen-bond acceptors (Lipinski definition) is 7. The monoisotopic (exact) mass is 361 g/mol. The Hall–Kier alpha value is -2.52. The van der Waals surface area contributed by atoms with Gasteiger partial charge in [0, 0.05) is 0 Å². The number of hydrazine groups is 1. The maximum atomic E-state index is 12.4. The Bertz CT molecular complexity index is 548. The number of carbonyl (C=O) groups excluding carboxylic acids is 4. The minimum absolute atomic E-state index is 0.362. The molecule has 0 heterocycles. The van der Waals surface area contributed by atoms with Gasteiger partial charge in [-0.25, -0.2) is 19.8 Å². The number of nitrogens with one attached hydrogen (secondary N) is 1. The Morgan fingerprint density at radius 3 is 1.64 bits per heavy atom. The zero-order valence-corrected chi connectivity index (χ0v) is 15.9. The highest BCUT2D eigenvalue weighted by Crippen LogP contribution is 2.20. The van der Waals surface area contributed by atoms with Crippen LogP contribution in [0.25, 0.3) is 0 Å². The van der Waals surface area contributed by atoms with Gasteiger partial charge < -0.3 is 19.9 Å². The number of hydrogen-bond donors (Lipinski definition) is 2. The standard InChI is InChI=1S/C15H27N3O7/c1-13(2,3)24-11(21)17-18(12(22)25-14(4,5)6)15(7,9(16)19)10(20)23-8/h1-8H3,(H2,16,19)(H,17,21)/t15-/m1/s1. The first-order valence-corrected chi connectivity index (χ1v) is 7.45. The van der Waals surface area contributed by atoms with E-state index < -0.39 is 40.8 Å². The van der Waals surface area contributed by atoms with Crippen LogP contribution in [0.3, 0.4) is 0 Å². The molecule has 1 atom stereocenters. The average Bonchev–Trinajstić information content (AvgIpc) is 2.38. The zero-order chi connectivity index (χ0) is 20.2. The molecular weight excluding hydrogens is 334 g/mol. The number of primary amides is 1. The van der Waals surface area contributed by atoms with Crippen LogP contribution in [-0.2, 0) is 23.8 Å². The molecule has 25 heavy (non-hydrogen) atoms. The normalized spacial score (nSPS) is 13.9. The van der Waals surface area contributed by atoms with Gasteiger partial charge in [0.1, 0.15) is 11.2 Å². The van der Waals surface area contributed by atoms with Gasteiger partial charge in [0.2, 0.25) is 5.54 Å². The van der Waals surface area contributed by atoms with Crippen LogP contribution in [0, 0.1) is 0 Å². The molecule has 0 aromatic rings. The first-order valence-electron chi connectivity index (χ1n) is 7.45. The van der Waals surface area contributed by atoms with Gasteiger partial charge in [0.05, 0.1) is 7.11 Å². The van der Waals surface area contributed by atoms with E-state index in [0.717, 1.165) is 14.0 Å². The Kier molecular flexibility index (Phi) is 6.81. The fourth-order valence-electron chi connectivity index (χ4n) is 1.54. The fourth-order valence-corrected chi connectivity index (χ4v) is 1.54. The topological polar surface area (TPSA) is 137 Å². The maximum absolute atomic E-state index is 12.4. The molecule has 0 aliphatic heterocycles. The van der Waals surface area contributed by atoms with E-state index in [2.05, 4.69) is 4.74 Å². The van der Waals surface area contributed by atoms with Gasteiger partial charge in [0.15, 0.2) is 0 Å². The number of nitrogens with zero attached hydrogens (tertiary/aromatic N) is 1. The molecule has 0 saturated heterocycles. The van der Waals surface area contributed by atoms with E-state index in [1.807, 2.05) is 5.43 Å². The van der Waals surface area contributed by atoms with Crippen LogP contribution in [0.15, 0.2) is 0 Å². The summed E-state index contributed by atoms with van der Waals surface area (Å²) in [6.07, 6.45) is -2.28. The largest absolute Gasteiger partial charge is 0.467 e. The van der Waals surface area contributed by atoms with E-state index in [-0.39, 0.29) is 0 Å². The summed E-state index contributed by atoms with van der Waals surface area (Å²) in [5.41, 5.74) is 3.08. The summed E-state index contributed by atoms with van der Waals surface area (Å²) in [5, 5.41) is 0.362. The lowest BCUT2D eigenvalue weighted by atomic mass is 10.0. The van der Waals surface area contributed by atoms with Crippen LogP contribution in [0.2, 0.25) is 0 Å². The first-order chi connectivity index (χ1) is 11.0. The summed E-state index contributed by atoms with van der Waals surface area (Å²) < 4.78 is 14.7. The molecule has 10 heteroatoms. The Labute approximate surface area is 146 Å². The molecule has 144 valence electrons. The van der Waals surface area contributed by atoms with Gasteiger partial charge in [-0.2, -0.15) is 5.01 Å². The minimum atomic E-state index is -2.35. The molecule has 0 spiro atoms. The predicted molar refractivity (Wildman–Crippen MR) is 87.1 cm³/mol. The second kappa shape index (κ2) is 7.58. The molecule has 0 rings (SSSR count). The molecule has 0 saturated carbocycles. The van der Waals surface area contributed by atoms with Crippen molar-refractivity contribution in [2.75, 3.05) is 7.11 Å². The van der Waals surface area contributed by atoms with E-state index in [9.17, 15) is 19.2 Å². The molecule has 3 N–H and O–H groups in total. The highest BCUT2D eigenvalue weighted by Gasteiger charge is 2.52. The lowest BCUT2D eigenvalue weighted by Gasteiger charge is -2.36. The number of esters is 1. The molecule has 0 fully saturated rings. The van der Waals surface area contributed by atoms with Crippen molar-refractivity contribution < 1.29 is 33.4 Å². The molecular formula is C15H27N3O7. The summed E-state index contributed by atoms with van der Waals surface area (Å²) in [5.74, 6) is -2.40. The molecule has 0 aliphatic rings. The van der Waals surface area contributed by atoms with Gasteiger partial charge in [-0.1, -0.05) is 0 Å². The Balaban J connectivity index is 5.88. The summed E-state index contributed by atoms with van der Waals surface area (Å²) >= 11 is 0. The second-order valence-corrected chi connectivity index (χ2v) is 7.36. The van der Waals surface area contributed by atoms with Crippen molar-refractivity contribution in [1.82, 2.24) is 10.4 Å². The molecule has 10 nitrogen and oxygen atoms in total. The number of ether oxygens (including phenoxy) is 3. The lowest BCUT2D eigenvalue weighted by Crippen LogP contribution is -2.68. The minimum Gasteiger partial charge on any atom is -0.467 e. The first kappa shape index (κ1) is 22.5. The number of nitrogens with two attached hydrogens (primary N) is 1. The van der Waals surface area contributed by atoms with Gasteiger partial charge in [0.25, 0.3) is 5.91 Å². The number of carbonyl (C=O) groups is 4. The Morgan fingerprint density at radius 1 is 0.880 bits per heavy atom. The van der Waals surface area contributed by atoms with E-state index in [4.69, 9.17) is 15.2 Å². The highest BCUT2D eigenvalue weighted by atomic mass is 16.6. The lowest BCUT2D eigenvalue weighted by molar-refractivity contribution is -0.161. The molecule has 0 bridgehead atoms. The van der Waals surface area contributed by atoms with Crippen LogP contribution >= 0.6 is 0 Å². The van der Waals surface area contributed by atoms with Crippen molar-refractivity contribution in [2.24, 2.45) is 5.73 Å². The number of amides is 3. The van der Waals surface area contributed by atoms with Crippen LogP contribution in [-0.4, -0.2) is 52.9 Å². The summed E-state index contributed by atoms with van der Waals surface area (Å²) in [7, 11) is 1.00. The number of methoxy groups -OCH3 is 1. The molecule has 0 aromatic heterocycles. The molecule has 0 unspecified atom stereocenters. The highest BCUT2D eigenvalue weighted by molar-refractivity contribution is 6.08. The molecule has 3 amide bonds. The van der Waals surface area contributed by atoms with Gasteiger partial charge >= 0.3 is 18.2 Å². The fraction of sp³-hybridized carbons (Fsp3) is 0.733. The van der Waals surface area contributed by atoms with E-state index in [0.29, 0.717) is 5.01 Å². The average molecular weight is 361 g/mol. The van der Waals surface area contributed by atoms with Crippen LogP contribution in [0.4, 0.5) is 9.59 Å². The number of rotatable bonds is 3. The van der Waals surface area contributed by atoms with Crippen LogP contribution < -0.4 is 11.2 Å². The second-order valence-electron chi connectivity index (χ2n) is 7.36. The third-order valence-corrected chi connectivity index (χ3v) is 2.69. The van der Waals surface area contributed by atoms with Crippen molar-refractivity contribution in [3.05, 3.63) is 0 Å². The zero-order valence-electron chi connectivity index (χ0n) is 15.9. The quantitative estimate of drug-likeness (QED) is 0.332. The smallest absolute Gasteiger partial charge is 0.430 e. The van der Waals surface area contributed by atoms with E-state index >= 15 is 0 Å². The maximum Gasteiger partial charge on any atom is 0.430 e.